The van der Waals surface area contributed by atoms with Gasteiger partial charge in [-0.05, 0) is 47.3 Å². The summed E-state index contributed by atoms with van der Waals surface area (Å²) in [7, 11) is 0. The first kappa shape index (κ1) is 13.2. The minimum atomic E-state index is -0.158. The summed E-state index contributed by atoms with van der Waals surface area (Å²) in [5.74, 6) is -0.158. The monoisotopic (exact) mass is 335 g/mol. The maximum Gasteiger partial charge on any atom is 0.253 e. The smallest absolute Gasteiger partial charge is 0.253 e. The zero-order valence-electron chi connectivity index (χ0n) is 9.05. The second-order valence-corrected chi connectivity index (χ2v) is 5.92. The van der Waals surface area contributed by atoms with Gasteiger partial charge in [-0.3, -0.25) is 4.79 Å². The van der Waals surface area contributed by atoms with Gasteiger partial charge in [-0.25, -0.2) is 0 Å². The van der Waals surface area contributed by atoms with Gasteiger partial charge in [0, 0.05) is 10.5 Å². The van der Waals surface area contributed by atoms with Crippen LogP contribution in [0, 0.1) is 0 Å². The molecular weight excluding hydrogens is 325 g/mol. The Labute approximate surface area is 119 Å². The van der Waals surface area contributed by atoms with Gasteiger partial charge in [-0.15, -0.1) is 11.6 Å². The Hall–Kier alpha value is -0.250. The number of carbonyl (C=O) groups is 1. The number of amides is 1. The summed E-state index contributed by atoms with van der Waals surface area (Å²) in [5.41, 5.74) is 0.483. The van der Waals surface area contributed by atoms with E-state index in [0.29, 0.717) is 10.6 Å². The number of carbonyl (C=O) groups excluding carboxylic acids is 1. The quantitative estimate of drug-likeness (QED) is 0.813. The zero-order chi connectivity index (χ0) is 12.4. The molecule has 0 saturated heterocycles. The summed E-state index contributed by atoms with van der Waals surface area (Å²) in [5, 5.41) is 3.41. The number of halogens is 3. The van der Waals surface area contributed by atoms with Crippen LogP contribution >= 0.6 is 39.1 Å². The minimum Gasteiger partial charge on any atom is -0.348 e. The van der Waals surface area contributed by atoms with Gasteiger partial charge in [0.25, 0.3) is 5.91 Å². The third kappa shape index (κ3) is 2.95. The molecule has 2 rings (SSSR count). The molecule has 0 aliphatic heterocycles. The maximum atomic E-state index is 12.0. The lowest BCUT2D eigenvalue weighted by Crippen LogP contribution is -2.37. The van der Waals surface area contributed by atoms with Crippen molar-refractivity contribution in [1.82, 2.24) is 5.32 Å². The van der Waals surface area contributed by atoms with Crippen LogP contribution in [0.4, 0.5) is 0 Å². The van der Waals surface area contributed by atoms with Gasteiger partial charge in [0.05, 0.1) is 16.0 Å². The fourth-order valence-corrected chi connectivity index (χ4v) is 2.92. The molecule has 5 heteroatoms. The van der Waals surface area contributed by atoms with E-state index >= 15 is 0 Å². The van der Waals surface area contributed by atoms with Gasteiger partial charge in [0.1, 0.15) is 0 Å². The van der Waals surface area contributed by atoms with Gasteiger partial charge in [-0.2, -0.15) is 0 Å². The molecular formula is C12H12BrCl2NO. The summed E-state index contributed by atoms with van der Waals surface area (Å²) >= 11 is 15.5. The van der Waals surface area contributed by atoms with E-state index in [1.165, 1.54) is 0 Å². The van der Waals surface area contributed by atoms with E-state index in [1.807, 2.05) is 0 Å². The van der Waals surface area contributed by atoms with E-state index in [-0.39, 0.29) is 17.3 Å². The highest BCUT2D eigenvalue weighted by atomic mass is 79.9. The average molecular weight is 337 g/mol. The Kier molecular flexibility index (Phi) is 4.34. The van der Waals surface area contributed by atoms with Crippen LogP contribution in [0.2, 0.25) is 5.02 Å². The van der Waals surface area contributed by atoms with Crippen LogP contribution < -0.4 is 5.32 Å². The van der Waals surface area contributed by atoms with Gasteiger partial charge in [0.2, 0.25) is 0 Å². The Morgan fingerprint density at radius 1 is 1.41 bits per heavy atom. The molecule has 17 heavy (non-hydrogen) atoms. The van der Waals surface area contributed by atoms with Crippen LogP contribution in [0.5, 0.6) is 0 Å². The first-order chi connectivity index (χ1) is 8.09. The number of hydrogen-bond donors (Lipinski definition) is 1. The largest absolute Gasteiger partial charge is 0.348 e. The molecule has 0 spiro atoms. The van der Waals surface area contributed by atoms with E-state index in [4.69, 9.17) is 23.2 Å². The zero-order valence-corrected chi connectivity index (χ0v) is 12.1. The predicted octanol–water partition coefficient (Wildman–Crippen LogP) is 3.99. The van der Waals surface area contributed by atoms with Crippen LogP contribution in [0.3, 0.4) is 0 Å². The van der Waals surface area contributed by atoms with Crippen molar-refractivity contribution in [2.24, 2.45) is 0 Å². The second kappa shape index (κ2) is 5.59. The van der Waals surface area contributed by atoms with E-state index in [2.05, 4.69) is 21.2 Å². The first-order valence-electron chi connectivity index (χ1n) is 5.48. The fourth-order valence-electron chi connectivity index (χ4n) is 2.00. The molecule has 1 amide bonds. The molecule has 0 bridgehead atoms. The summed E-state index contributed by atoms with van der Waals surface area (Å²) < 4.78 is 0.723. The van der Waals surface area contributed by atoms with Crippen molar-refractivity contribution < 1.29 is 4.79 Å². The highest BCUT2D eigenvalue weighted by Gasteiger charge is 2.27. The summed E-state index contributed by atoms with van der Waals surface area (Å²) in [4.78, 5) is 12.0. The number of benzene rings is 1. The lowest BCUT2D eigenvalue weighted by Gasteiger charge is -2.16. The van der Waals surface area contributed by atoms with Crippen molar-refractivity contribution in [3.05, 3.63) is 33.3 Å². The predicted molar refractivity (Wildman–Crippen MR) is 73.9 cm³/mol. The molecule has 1 fully saturated rings. The molecule has 1 aromatic carbocycles. The van der Waals surface area contributed by atoms with Gasteiger partial charge >= 0.3 is 0 Å². The first-order valence-corrected chi connectivity index (χ1v) is 7.09. The van der Waals surface area contributed by atoms with Gasteiger partial charge in [-0.1, -0.05) is 17.7 Å². The summed E-state index contributed by atoms with van der Waals surface area (Å²) in [6, 6.07) is 5.36. The highest BCUT2D eigenvalue weighted by Crippen LogP contribution is 2.28. The van der Waals surface area contributed by atoms with Gasteiger partial charge < -0.3 is 5.32 Å². The van der Waals surface area contributed by atoms with Gasteiger partial charge in [0.15, 0.2) is 0 Å². The van der Waals surface area contributed by atoms with E-state index in [1.54, 1.807) is 18.2 Å². The molecule has 2 atom stereocenters. The fraction of sp³-hybridized carbons (Fsp3) is 0.417. The molecule has 1 aliphatic carbocycles. The van der Waals surface area contributed by atoms with Crippen LogP contribution in [0.1, 0.15) is 29.6 Å². The van der Waals surface area contributed by atoms with Crippen molar-refractivity contribution in [2.45, 2.75) is 30.7 Å². The van der Waals surface area contributed by atoms with Crippen LogP contribution in [0.15, 0.2) is 22.7 Å². The summed E-state index contributed by atoms with van der Waals surface area (Å²) in [6.07, 6.45) is 2.95. The Balaban J connectivity index is 2.12. The number of hydrogen-bond acceptors (Lipinski definition) is 1. The van der Waals surface area contributed by atoms with Crippen LogP contribution in [-0.4, -0.2) is 17.3 Å². The molecule has 0 radical (unpaired) electrons. The van der Waals surface area contributed by atoms with Crippen molar-refractivity contribution in [1.29, 1.82) is 0 Å². The maximum absolute atomic E-state index is 12.0. The third-order valence-corrected chi connectivity index (χ3v) is 4.76. The molecule has 92 valence electrons. The molecule has 1 N–H and O–H groups in total. The molecule has 0 aromatic heterocycles. The highest BCUT2D eigenvalue weighted by molar-refractivity contribution is 9.10. The molecule has 2 nitrogen and oxygen atoms in total. The average Bonchev–Trinajstić information content (AvgIpc) is 2.68. The standard InChI is InChI=1S/C12H12BrCl2NO/c13-8-4-1-3-7(11(8)15)12(17)16-10-6-2-5-9(10)14/h1,3-4,9-10H,2,5-6H2,(H,16,17). The SMILES string of the molecule is O=C(NC1CCCC1Cl)c1cccc(Br)c1Cl. The molecule has 1 aliphatic rings. The number of alkyl halides is 1. The molecule has 1 aromatic rings. The minimum absolute atomic E-state index is 0.0323. The molecule has 2 unspecified atom stereocenters. The third-order valence-electron chi connectivity index (χ3n) is 2.94. The van der Waals surface area contributed by atoms with Crippen molar-refractivity contribution in [3.63, 3.8) is 0 Å². The molecule has 1 saturated carbocycles. The summed E-state index contributed by atoms with van der Waals surface area (Å²) in [6.45, 7) is 0. The van der Waals surface area contributed by atoms with Crippen LogP contribution in [0.25, 0.3) is 0 Å². The lowest BCUT2D eigenvalue weighted by atomic mass is 10.2. The van der Waals surface area contributed by atoms with E-state index < -0.39 is 0 Å². The van der Waals surface area contributed by atoms with E-state index in [9.17, 15) is 4.79 Å². The Morgan fingerprint density at radius 3 is 2.82 bits per heavy atom. The number of nitrogens with one attached hydrogen (secondary N) is 1. The van der Waals surface area contributed by atoms with Crippen molar-refractivity contribution in [2.75, 3.05) is 0 Å². The molecule has 0 heterocycles. The van der Waals surface area contributed by atoms with Crippen molar-refractivity contribution in [3.8, 4) is 0 Å². The normalized spacial score (nSPS) is 23.7. The van der Waals surface area contributed by atoms with Crippen molar-refractivity contribution >= 4 is 45.0 Å². The Bertz CT molecular complexity index is 439. The number of rotatable bonds is 2. The topological polar surface area (TPSA) is 29.1 Å². The lowest BCUT2D eigenvalue weighted by molar-refractivity contribution is 0.0938. The second-order valence-electron chi connectivity index (χ2n) is 4.13. The Morgan fingerprint density at radius 2 is 2.18 bits per heavy atom. The van der Waals surface area contributed by atoms with Crippen LogP contribution in [-0.2, 0) is 0 Å². The van der Waals surface area contributed by atoms with E-state index in [0.717, 1.165) is 23.7 Å².